The Hall–Kier alpha value is -3.42. The molecule has 0 amide bonds. The van der Waals surface area contributed by atoms with E-state index in [-0.39, 0.29) is 11.6 Å². The number of hydrogen-bond acceptors (Lipinski definition) is 6. The minimum absolute atomic E-state index is 0.0887. The first-order valence-electron chi connectivity index (χ1n) is 10.5. The van der Waals surface area contributed by atoms with Crippen LogP contribution >= 0.6 is 11.3 Å². The van der Waals surface area contributed by atoms with Crippen LogP contribution in [0.25, 0.3) is 21.7 Å². The third-order valence-corrected chi connectivity index (χ3v) is 6.75. The van der Waals surface area contributed by atoms with E-state index in [1.54, 1.807) is 30.8 Å². The third kappa shape index (κ3) is 3.92. The van der Waals surface area contributed by atoms with Crippen molar-refractivity contribution < 1.29 is 0 Å². The molecule has 160 valence electrons. The van der Waals surface area contributed by atoms with Gasteiger partial charge in [-0.15, -0.1) is 11.3 Å². The Morgan fingerprint density at radius 2 is 1.97 bits per heavy atom. The van der Waals surface area contributed by atoms with E-state index in [2.05, 4.69) is 39.6 Å². The quantitative estimate of drug-likeness (QED) is 0.480. The molecule has 7 heteroatoms. The second-order valence-corrected chi connectivity index (χ2v) is 8.87. The van der Waals surface area contributed by atoms with Crippen LogP contribution in [0.1, 0.15) is 16.7 Å². The molecule has 3 aromatic heterocycles. The molecule has 6 nitrogen and oxygen atoms in total. The number of thiophene rings is 1. The molecule has 1 aliphatic heterocycles. The molecule has 0 bridgehead atoms. The zero-order valence-electron chi connectivity index (χ0n) is 17.9. The first-order chi connectivity index (χ1) is 15.6. The Morgan fingerprint density at radius 1 is 1.19 bits per heavy atom. The summed E-state index contributed by atoms with van der Waals surface area (Å²) in [5.74, 6) is 0.388. The molecule has 0 radical (unpaired) electrons. The van der Waals surface area contributed by atoms with Crippen molar-refractivity contribution in [3.05, 3.63) is 87.3 Å². The van der Waals surface area contributed by atoms with Gasteiger partial charge in [-0.05, 0) is 53.6 Å². The van der Waals surface area contributed by atoms with Crippen LogP contribution in [0, 0.1) is 6.92 Å². The summed E-state index contributed by atoms with van der Waals surface area (Å²) in [5.41, 5.74) is 5.73. The van der Waals surface area contributed by atoms with Gasteiger partial charge in [0.05, 0.1) is 11.3 Å². The van der Waals surface area contributed by atoms with Crippen LogP contribution in [0.3, 0.4) is 0 Å². The van der Waals surface area contributed by atoms with E-state index in [0.29, 0.717) is 17.2 Å². The van der Waals surface area contributed by atoms with Gasteiger partial charge < -0.3 is 5.32 Å². The standard InChI is InChI=1S/C25H23N5OS/c1-16-11-21(32-15-16)22-23(17-7-9-26-10-8-17)29-25(30(2)24(22)31)28-14-20-12-18-5-3-4-6-19(18)13-27-20/h3-11,14-15,20,27H,12-13H2,1-2H3/t20-/m0/s1. The van der Waals surface area contributed by atoms with Crippen LogP contribution in [0.4, 0.5) is 5.95 Å². The molecular weight excluding hydrogens is 418 g/mol. The van der Waals surface area contributed by atoms with Crippen LogP contribution < -0.4 is 10.9 Å². The van der Waals surface area contributed by atoms with Gasteiger partial charge >= 0.3 is 0 Å². The molecule has 0 saturated heterocycles. The molecule has 1 atom stereocenters. The average Bonchev–Trinajstić information content (AvgIpc) is 3.26. The minimum atomic E-state index is -0.109. The maximum Gasteiger partial charge on any atom is 0.264 e. The number of nitrogens with one attached hydrogen (secondary N) is 1. The van der Waals surface area contributed by atoms with Gasteiger partial charge in [0, 0.05) is 48.7 Å². The highest BCUT2D eigenvalue weighted by molar-refractivity contribution is 7.13. The number of pyridine rings is 1. The topological polar surface area (TPSA) is 72.2 Å². The summed E-state index contributed by atoms with van der Waals surface area (Å²) in [6, 6.07) is 14.3. The van der Waals surface area contributed by atoms with Gasteiger partial charge in [-0.25, -0.2) is 9.98 Å². The fourth-order valence-corrected chi connectivity index (χ4v) is 4.89. The number of aromatic nitrogens is 3. The summed E-state index contributed by atoms with van der Waals surface area (Å²) in [7, 11) is 1.73. The van der Waals surface area contributed by atoms with Crippen molar-refractivity contribution in [2.45, 2.75) is 25.9 Å². The number of aliphatic imine (C=N–C) groups is 1. The fourth-order valence-electron chi connectivity index (χ4n) is 3.95. The van der Waals surface area contributed by atoms with Crippen LogP contribution in [-0.2, 0) is 20.0 Å². The first kappa shape index (κ1) is 20.5. The second kappa shape index (κ2) is 8.61. The number of nitrogens with zero attached hydrogens (tertiary/aromatic N) is 4. The zero-order chi connectivity index (χ0) is 22.1. The summed E-state index contributed by atoms with van der Waals surface area (Å²) in [4.78, 5) is 27.9. The van der Waals surface area contributed by atoms with Gasteiger partial charge in [0.15, 0.2) is 0 Å². The molecule has 4 aromatic rings. The van der Waals surface area contributed by atoms with Crippen LogP contribution in [0.2, 0.25) is 0 Å². The summed E-state index contributed by atoms with van der Waals surface area (Å²) in [6.45, 7) is 2.83. The normalized spacial score (nSPS) is 15.8. The molecular formula is C25H23N5OS. The SMILES string of the molecule is Cc1csc(-c2c(-c3ccncc3)nc(N=C[C@@H]3Cc4ccccc4CN3)n(C)c2=O)c1. The lowest BCUT2D eigenvalue weighted by Crippen LogP contribution is -2.36. The van der Waals surface area contributed by atoms with Gasteiger partial charge in [-0.3, -0.25) is 14.3 Å². The fraction of sp³-hybridized carbons (Fsp3) is 0.200. The first-order valence-corrected chi connectivity index (χ1v) is 11.4. The highest BCUT2D eigenvalue weighted by atomic mass is 32.1. The van der Waals surface area contributed by atoms with E-state index in [4.69, 9.17) is 4.98 Å². The van der Waals surface area contributed by atoms with Gasteiger partial charge in [0.25, 0.3) is 5.56 Å². The van der Waals surface area contributed by atoms with Gasteiger partial charge in [0.2, 0.25) is 5.95 Å². The van der Waals surface area contributed by atoms with E-state index >= 15 is 0 Å². The van der Waals surface area contributed by atoms with E-state index in [9.17, 15) is 4.79 Å². The third-order valence-electron chi connectivity index (χ3n) is 5.68. The van der Waals surface area contributed by atoms with Crippen LogP contribution in [0.15, 0.2) is 70.0 Å². The van der Waals surface area contributed by atoms with E-state index in [1.165, 1.54) is 15.7 Å². The lowest BCUT2D eigenvalue weighted by molar-refractivity contribution is 0.584. The van der Waals surface area contributed by atoms with Crippen LogP contribution in [0.5, 0.6) is 0 Å². The zero-order valence-corrected chi connectivity index (χ0v) is 18.8. The molecule has 0 aliphatic carbocycles. The maximum absolute atomic E-state index is 13.4. The van der Waals surface area contributed by atoms with E-state index in [1.807, 2.05) is 36.7 Å². The summed E-state index contributed by atoms with van der Waals surface area (Å²) < 4.78 is 1.53. The Labute approximate surface area is 190 Å². The number of rotatable bonds is 4. The Bertz CT molecular complexity index is 1360. The summed E-state index contributed by atoms with van der Waals surface area (Å²) >= 11 is 1.55. The van der Waals surface area contributed by atoms with E-state index < -0.39 is 0 Å². The van der Waals surface area contributed by atoms with Crippen molar-refractivity contribution in [3.8, 4) is 21.7 Å². The molecule has 0 fully saturated rings. The lowest BCUT2D eigenvalue weighted by atomic mass is 9.96. The number of hydrogen-bond donors (Lipinski definition) is 1. The molecule has 1 aliphatic rings. The molecule has 1 N–H and O–H groups in total. The van der Waals surface area contributed by atoms with Crippen molar-refractivity contribution in [1.82, 2.24) is 19.9 Å². The Balaban J connectivity index is 1.56. The van der Waals surface area contributed by atoms with Crippen molar-refractivity contribution in [3.63, 3.8) is 0 Å². The predicted molar refractivity (Wildman–Crippen MR) is 130 cm³/mol. The maximum atomic E-state index is 13.4. The summed E-state index contributed by atoms with van der Waals surface area (Å²) in [5, 5.41) is 5.54. The highest BCUT2D eigenvalue weighted by Crippen LogP contribution is 2.33. The molecule has 0 spiro atoms. The number of fused-ring (bicyclic) bond motifs is 1. The number of benzene rings is 1. The molecule has 1 aromatic carbocycles. The average molecular weight is 442 g/mol. The second-order valence-electron chi connectivity index (χ2n) is 7.96. The Kier molecular flexibility index (Phi) is 5.51. The van der Waals surface area contributed by atoms with Crippen molar-refractivity contribution >= 4 is 23.5 Å². The van der Waals surface area contributed by atoms with Crippen molar-refractivity contribution in [2.24, 2.45) is 12.0 Å². The predicted octanol–water partition coefficient (Wildman–Crippen LogP) is 4.30. The minimum Gasteiger partial charge on any atom is -0.305 e. The van der Waals surface area contributed by atoms with Crippen molar-refractivity contribution in [1.29, 1.82) is 0 Å². The highest BCUT2D eigenvalue weighted by Gasteiger charge is 2.20. The van der Waals surface area contributed by atoms with Gasteiger partial charge in [-0.1, -0.05) is 24.3 Å². The van der Waals surface area contributed by atoms with Gasteiger partial charge in [-0.2, -0.15) is 0 Å². The molecule has 5 rings (SSSR count). The smallest absolute Gasteiger partial charge is 0.264 e. The molecule has 32 heavy (non-hydrogen) atoms. The largest absolute Gasteiger partial charge is 0.305 e. The molecule has 4 heterocycles. The molecule has 0 saturated carbocycles. The monoisotopic (exact) mass is 441 g/mol. The molecule has 0 unspecified atom stereocenters. The Morgan fingerprint density at radius 3 is 2.72 bits per heavy atom. The van der Waals surface area contributed by atoms with Crippen LogP contribution in [-0.4, -0.2) is 26.8 Å². The lowest BCUT2D eigenvalue weighted by Gasteiger charge is -2.23. The van der Waals surface area contributed by atoms with Gasteiger partial charge in [0.1, 0.15) is 0 Å². The van der Waals surface area contributed by atoms with Crippen molar-refractivity contribution in [2.75, 3.05) is 0 Å². The summed E-state index contributed by atoms with van der Waals surface area (Å²) in [6.07, 6.45) is 6.15. The number of aryl methyl sites for hydroxylation is 1. The van der Waals surface area contributed by atoms with E-state index in [0.717, 1.165) is 29.0 Å².